The summed E-state index contributed by atoms with van der Waals surface area (Å²) < 4.78 is 1.03. The number of rotatable bonds is 5. The Kier molecular flexibility index (Phi) is 6.05. The second kappa shape index (κ2) is 6.79. The van der Waals surface area contributed by atoms with E-state index in [1.54, 1.807) is 0 Å². The maximum atomic E-state index is 6.17. The van der Waals surface area contributed by atoms with Crippen LogP contribution in [0.3, 0.4) is 0 Å². The van der Waals surface area contributed by atoms with Crippen LogP contribution >= 0.6 is 39.3 Å². The van der Waals surface area contributed by atoms with E-state index in [0.29, 0.717) is 6.04 Å². The van der Waals surface area contributed by atoms with E-state index in [2.05, 4.69) is 33.6 Å². The van der Waals surface area contributed by atoms with Gasteiger partial charge in [-0.25, -0.2) is 0 Å². The summed E-state index contributed by atoms with van der Waals surface area (Å²) in [5, 5.41) is 4.14. The van der Waals surface area contributed by atoms with Gasteiger partial charge in [-0.05, 0) is 37.4 Å². The van der Waals surface area contributed by atoms with Crippen molar-refractivity contribution in [2.75, 3.05) is 19.1 Å². The molecule has 1 unspecified atom stereocenters. The largest absolute Gasteiger partial charge is 0.316 e. The monoisotopic (exact) mass is 307 g/mol. The number of benzene rings is 1. The van der Waals surface area contributed by atoms with Gasteiger partial charge in [0.2, 0.25) is 0 Å². The molecule has 0 aliphatic heterocycles. The molecule has 0 fully saturated rings. The summed E-state index contributed by atoms with van der Waals surface area (Å²) in [6, 6.07) is 6.55. The van der Waals surface area contributed by atoms with E-state index in [0.717, 1.165) is 21.7 Å². The first-order valence-corrected chi connectivity index (χ1v) is 7.34. The molecule has 1 aromatic rings. The molecule has 0 heterocycles. The van der Waals surface area contributed by atoms with Crippen molar-refractivity contribution in [1.82, 2.24) is 5.32 Å². The molecule has 0 radical (unpaired) electrons. The van der Waals surface area contributed by atoms with Crippen LogP contribution in [0.25, 0.3) is 0 Å². The van der Waals surface area contributed by atoms with Crippen LogP contribution < -0.4 is 5.32 Å². The number of hydrogen-bond acceptors (Lipinski definition) is 2. The van der Waals surface area contributed by atoms with Gasteiger partial charge in [0.1, 0.15) is 0 Å². The third-order valence-corrected chi connectivity index (χ3v) is 3.84. The summed E-state index contributed by atoms with van der Waals surface area (Å²) >= 11 is 11.4. The lowest BCUT2D eigenvalue weighted by Gasteiger charge is -2.15. The fraction of sp³-hybridized carbons (Fsp3) is 0.455. The minimum absolute atomic E-state index is 0.485. The van der Waals surface area contributed by atoms with E-state index in [-0.39, 0.29) is 0 Å². The van der Waals surface area contributed by atoms with Crippen LogP contribution in [0, 0.1) is 0 Å². The fourth-order valence-electron chi connectivity index (χ4n) is 1.40. The van der Waals surface area contributed by atoms with Gasteiger partial charge in [0.05, 0.1) is 0 Å². The molecule has 1 aromatic carbocycles. The van der Waals surface area contributed by atoms with E-state index in [4.69, 9.17) is 11.6 Å². The van der Waals surface area contributed by atoms with Gasteiger partial charge in [-0.15, -0.1) is 0 Å². The molecule has 1 nitrogen and oxygen atoms in total. The summed E-state index contributed by atoms with van der Waals surface area (Å²) in [5.74, 6) is 1.10. The van der Waals surface area contributed by atoms with Gasteiger partial charge >= 0.3 is 0 Å². The van der Waals surface area contributed by atoms with E-state index in [1.807, 2.05) is 30.9 Å². The average Bonchev–Trinajstić information content (AvgIpc) is 2.21. The summed E-state index contributed by atoms with van der Waals surface area (Å²) in [6.07, 6.45) is 3.09. The maximum absolute atomic E-state index is 6.17. The normalized spacial score (nSPS) is 12.8. The van der Waals surface area contributed by atoms with Crippen molar-refractivity contribution in [3.63, 3.8) is 0 Å². The van der Waals surface area contributed by atoms with Crippen molar-refractivity contribution in [3.8, 4) is 0 Å². The lowest BCUT2D eigenvalue weighted by molar-refractivity contribution is 0.617. The standard InChI is InChI=1S/C11H15BrClNS/c1-14-10(7-15-2)5-8-3-4-9(12)6-11(8)13/h3-4,6,10,14H,5,7H2,1-2H3. The molecule has 1 atom stereocenters. The molecule has 0 saturated carbocycles. The first-order valence-electron chi connectivity index (χ1n) is 4.77. The predicted molar refractivity (Wildman–Crippen MR) is 74.1 cm³/mol. The van der Waals surface area contributed by atoms with Gasteiger partial charge in [-0.1, -0.05) is 33.6 Å². The molecule has 15 heavy (non-hydrogen) atoms. The SMILES string of the molecule is CNC(CSC)Cc1ccc(Br)cc1Cl. The van der Waals surface area contributed by atoms with Gasteiger partial charge in [0.25, 0.3) is 0 Å². The van der Waals surface area contributed by atoms with Gasteiger partial charge in [-0.2, -0.15) is 11.8 Å². The molecular formula is C11H15BrClNS. The summed E-state index contributed by atoms with van der Waals surface area (Å²) in [6.45, 7) is 0. The third-order valence-electron chi connectivity index (χ3n) is 2.26. The molecule has 0 bridgehead atoms. The van der Waals surface area contributed by atoms with E-state index in [9.17, 15) is 0 Å². The molecule has 0 aliphatic rings. The number of hydrogen-bond donors (Lipinski definition) is 1. The Morgan fingerprint density at radius 3 is 2.80 bits per heavy atom. The van der Waals surface area contributed by atoms with Crippen molar-refractivity contribution >= 4 is 39.3 Å². The van der Waals surface area contributed by atoms with Crippen LogP contribution in [0.1, 0.15) is 5.56 Å². The Bertz CT molecular complexity index is 319. The van der Waals surface area contributed by atoms with E-state index >= 15 is 0 Å². The van der Waals surface area contributed by atoms with E-state index in [1.165, 1.54) is 5.56 Å². The first kappa shape index (κ1) is 13.4. The molecule has 0 saturated heterocycles. The number of halogens is 2. The van der Waals surface area contributed by atoms with Crippen molar-refractivity contribution in [2.24, 2.45) is 0 Å². The number of thioether (sulfide) groups is 1. The second-order valence-electron chi connectivity index (χ2n) is 3.38. The van der Waals surface area contributed by atoms with Gasteiger partial charge in [-0.3, -0.25) is 0 Å². The van der Waals surface area contributed by atoms with Gasteiger partial charge < -0.3 is 5.32 Å². The summed E-state index contributed by atoms with van der Waals surface area (Å²) in [5.41, 5.74) is 1.20. The quantitative estimate of drug-likeness (QED) is 0.892. The lowest BCUT2D eigenvalue weighted by atomic mass is 10.1. The zero-order valence-electron chi connectivity index (χ0n) is 8.89. The summed E-state index contributed by atoms with van der Waals surface area (Å²) in [7, 11) is 1.99. The maximum Gasteiger partial charge on any atom is 0.0449 e. The van der Waals surface area contributed by atoms with Crippen molar-refractivity contribution in [3.05, 3.63) is 33.3 Å². The van der Waals surface area contributed by atoms with Crippen LogP contribution in [-0.2, 0) is 6.42 Å². The predicted octanol–water partition coefficient (Wildman–Crippen LogP) is 3.60. The Labute approximate surface area is 109 Å². The van der Waals surface area contributed by atoms with Crippen molar-refractivity contribution in [1.29, 1.82) is 0 Å². The molecule has 0 spiro atoms. The highest BCUT2D eigenvalue weighted by Crippen LogP contribution is 2.22. The Balaban J connectivity index is 2.70. The first-order chi connectivity index (χ1) is 7.17. The van der Waals surface area contributed by atoms with Crippen LogP contribution in [0.15, 0.2) is 22.7 Å². The topological polar surface area (TPSA) is 12.0 Å². The summed E-state index contributed by atoms with van der Waals surface area (Å²) in [4.78, 5) is 0. The molecule has 1 N–H and O–H groups in total. The molecule has 0 aliphatic carbocycles. The molecule has 1 rings (SSSR count). The highest BCUT2D eigenvalue weighted by atomic mass is 79.9. The molecule has 0 aromatic heterocycles. The highest BCUT2D eigenvalue weighted by Gasteiger charge is 2.09. The van der Waals surface area contributed by atoms with Crippen molar-refractivity contribution < 1.29 is 0 Å². The minimum atomic E-state index is 0.485. The molecule has 0 amide bonds. The molecular weight excluding hydrogens is 294 g/mol. The Morgan fingerprint density at radius 2 is 2.27 bits per heavy atom. The fourth-order valence-corrected chi connectivity index (χ4v) is 2.84. The highest BCUT2D eigenvalue weighted by molar-refractivity contribution is 9.10. The van der Waals surface area contributed by atoms with Gasteiger partial charge in [0.15, 0.2) is 0 Å². The van der Waals surface area contributed by atoms with Crippen LogP contribution in [-0.4, -0.2) is 25.1 Å². The third kappa shape index (κ3) is 4.35. The minimum Gasteiger partial charge on any atom is -0.316 e. The number of likely N-dealkylation sites (N-methyl/N-ethyl adjacent to an activating group) is 1. The molecule has 84 valence electrons. The number of nitrogens with one attached hydrogen (secondary N) is 1. The van der Waals surface area contributed by atoms with E-state index < -0.39 is 0 Å². The van der Waals surface area contributed by atoms with Crippen LogP contribution in [0.4, 0.5) is 0 Å². The Morgan fingerprint density at radius 1 is 1.53 bits per heavy atom. The second-order valence-corrected chi connectivity index (χ2v) is 5.61. The Hall–Kier alpha value is 0.300. The van der Waals surface area contributed by atoms with Crippen LogP contribution in [0.2, 0.25) is 5.02 Å². The van der Waals surface area contributed by atoms with Gasteiger partial charge in [0, 0.05) is 21.3 Å². The zero-order chi connectivity index (χ0) is 11.3. The molecule has 4 heteroatoms. The smallest absolute Gasteiger partial charge is 0.0449 e. The average molecular weight is 309 g/mol. The lowest BCUT2D eigenvalue weighted by Crippen LogP contribution is -2.30. The van der Waals surface area contributed by atoms with Crippen molar-refractivity contribution in [2.45, 2.75) is 12.5 Å². The van der Waals surface area contributed by atoms with Crippen LogP contribution in [0.5, 0.6) is 0 Å². The zero-order valence-corrected chi connectivity index (χ0v) is 12.0.